The molecule has 3 heteroatoms. The van der Waals surface area contributed by atoms with Crippen molar-refractivity contribution in [2.24, 2.45) is 5.92 Å². The van der Waals surface area contributed by atoms with Crippen molar-refractivity contribution in [2.45, 2.75) is 31.8 Å². The number of nitrogens with one attached hydrogen (secondary N) is 2. The van der Waals surface area contributed by atoms with E-state index in [1.807, 2.05) is 0 Å². The first-order valence-corrected chi connectivity index (χ1v) is 5.41. The van der Waals surface area contributed by atoms with E-state index in [0.29, 0.717) is 12.1 Å². The van der Waals surface area contributed by atoms with Crippen molar-refractivity contribution in [2.75, 3.05) is 26.3 Å². The van der Waals surface area contributed by atoms with Crippen LogP contribution >= 0.6 is 0 Å². The van der Waals surface area contributed by atoms with Crippen molar-refractivity contribution in [1.29, 1.82) is 0 Å². The lowest BCUT2D eigenvalue weighted by Gasteiger charge is -2.35. The van der Waals surface area contributed by atoms with Crippen molar-refractivity contribution in [3.8, 4) is 0 Å². The van der Waals surface area contributed by atoms with Gasteiger partial charge in [0.1, 0.15) is 0 Å². The summed E-state index contributed by atoms with van der Waals surface area (Å²) in [6.07, 6.45) is 2.64. The van der Waals surface area contributed by atoms with Gasteiger partial charge in [0.2, 0.25) is 0 Å². The fraction of sp³-hybridized carbons (Fsp3) is 1.00. The van der Waals surface area contributed by atoms with Crippen LogP contribution in [0.1, 0.15) is 19.8 Å². The van der Waals surface area contributed by atoms with Crippen molar-refractivity contribution in [3.05, 3.63) is 0 Å². The molecule has 2 rings (SSSR count). The molecule has 1 unspecified atom stereocenters. The van der Waals surface area contributed by atoms with Crippen LogP contribution < -0.4 is 10.6 Å². The monoisotopic (exact) mass is 184 g/mol. The van der Waals surface area contributed by atoms with Crippen molar-refractivity contribution in [1.82, 2.24) is 10.6 Å². The second kappa shape index (κ2) is 4.40. The molecule has 0 aliphatic carbocycles. The fourth-order valence-corrected chi connectivity index (χ4v) is 2.18. The van der Waals surface area contributed by atoms with Gasteiger partial charge in [-0.25, -0.2) is 0 Å². The molecule has 0 aromatic carbocycles. The minimum absolute atomic E-state index is 0.630. The van der Waals surface area contributed by atoms with E-state index in [1.54, 1.807) is 0 Å². The maximum Gasteiger partial charge on any atom is 0.0643 e. The predicted molar refractivity (Wildman–Crippen MR) is 52.8 cm³/mol. The molecular formula is C10H20N2O. The lowest BCUT2D eigenvalue weighted by molar-refractivity contribution is -0.0129. The third-order valence-electron chi connectivity index (χ3n) is 3.23. The van der Waals surface area contributed by atoms with Gasteiger partial charge in [-0.05, 0) is 38.8 Å². The minimum atomic E-state index is 0.630. The molecule has 0 aromatic rings. The molecule has 1 atom stereocenters. The Hall–Kier alpha value is -0.120. The van der Waals surface area contributed by atoms with Gasteiger partial charge in [-0.15, -0.1) is 0 Å². The highest BCUT2D eigenvalue weighted by atomic mass is 16.5. The first-order chi connectivity index (χ1) is 6.36. The Bertz CT molecular complexity index is 153. The summed E-state index contributed by atoms with van der Waals surface area (Å²) in [5.74, 6) is 0.863. The molecule has 13 heavy (non-hydrogen) atoms. The first kappa shape index (κ1) is 9.44. The predicted octanol–water partition coefficient (Wildman–Crippen LogP) is 0.363. The second-order valence-electron chi connectivity index (χ2n) is 4.28. The molecule has 0 saturated carbocycles. The van der Waals surface area contributed by atoms with Gasteiger partial charge in [0, 0.05) is 6.04 Å². The molecular weight excluding hydrogens is 164 g/mol. The molecule has 2 N–H and O–H groups in total. The van der Waals surface area contributed by atoms with E-state index < -0.39 is 0 Å². The molecule has 2 heterocycles. The molecule has 2 aliphatic heterocycles. The Morgan fingerprint density at radius 3 is 2.54 bits per heavy atom. The molecule has 0 bridgehead atoms. The average Bonchev–Trinajstić information content (AvgIpc) is 2.12. The second-order valence-corrected chi connectivity index (χ2v) is 4.28. The lowest BCUT2D eigenvalue weighted by Crippen LogP contribution is -2.52. The van der Waals surface area contributed by atoms with Crippen LogP contribution in [0.5, 0.6) is 0 Å². The summed E-state index contributed by atoms with van der Waals surface area (Å²) in [6, 6.07) is 1.29. The van der Waals surface area contributed by atoms with Gasteiger partial charge in [0.05, 0.1) is 19.3 Å². The van der Waals surface area contributed by atoms with Crippen LogP contribution in [0, 0.1) is 5.92 Å². The quantitative estimate of drug-likeness (QED) is 0.664. The zero-order valence-electron chi connectivity index (χ0n) is 8.38. The highest BCUT2D eigenvalue weighted by molar-refractivity contribution is 4.82. The third-order valence-corrected chi connectivity index (χ3v) is 3.23. The average molecular weight is 184 g/mol. The highest BCUT2D eigenvalue weighted by Crippen LogP contribution is 2.17. The molecule has 0 spiro atoms. The summed E-state index contributed by atoms with van der Waals surface area (Å²) in [7, 11) is 0. The van der Waals surface area contributed by atoms with Gasteiger partial charge in [-0.1, -0.05) is 0 Å². The largest absolute Gasteiger partial charge is 0.378 e. The maximum atomic E-state index is 5.15. The normalized spacial score (nSPS) is 28.4. The van der Waals surface area contributed by atoms with Gasteiger partial charge in [-0.3, -0.25) is 0 Å². The van der Waals surface area contributed by atoms with E-state index in [4.69, 9.17) is 4.74 Å². The SMILES string of the molecule is CC(NC1COC1)C1CCNCC1. The maximum absolute atomic E-state index is 5.15. The topological polar surface area (TPSA) is 33.3 Å². The Balaban J connectivity index is 1.70. The van der Waals surface area contributed by atoms with Crippen molar-refractivity contribution >= 4 is 0 Å². The molecule has 2 aliphatic rings. The number of rotatable bonds is 3. The van der Waals surface area contributed by atoms with Gasteiger partial charge < -0.3 is 15.4 Å². The Morgan fingerprint density at radius 1 is 1.31 bits per heavy atom. The molecule has 2 fully saturated rings. The number of piperidine rings is 1. The zero-order valence-corrected chi connectivity index (χ0v) is 8.38. The van der Waals surface area contributed by atoms with Gasteiger partial charge in [0.15, 0.2) is 0 Å². The molecule has 2 saturated heterocycles. The summed E-state index contributed by atoms with van der Waals surface area (Å²) < 4.78 is 5.15. The van der Waals surface area contributed by atoms with E-state index >= 15 is 0 Å². The van der Waals surface area contributed by atoms with E-state index in [-0.39, 0.29) is 0 Å². The first-order valence-electron chi connectivity index (χ1n) is 5.41. The summed E-state index contributed by atoms with van der Waals surface area (Å²) in [4.78, 5) is 0. The highest BCUT2D eigenvalue weighted by Gasteiger charge is 2.25. The molecule has 3 nitrogen and oxygen atoms in total. The van der Waals surface area contributed by atoms with E-state index in [0.717, 1.165) is 19.1 Å². The number of hydrogen-bond acceptors (Lipinski definition) is 3. The summed E-state index contributed by atoms with van der Waals surface area (Å²) in [6.45, 7) is 6.52. The minimum Gasteiger partial charge on any atom is -0.378 e. The Kier molecular flexibility index (Phi) is 3.19. The molecule has 0 radical (unpaired) electrons. The third kappa shape index (κ3) is 2.42. The Morgan fingerprint density at radius 2 is 2.00 bits per heavy atom. The summed E-state index contributed by atoms with van der Waals surface area (Å²) in [5.41, 5.74) is 0. The van der Waals surface area contributed by atoms with Crippen LogP contribution in [0.25, 0.3) is 0 Å². The Labute approximate surface area is 80.2 Å². The lowest BCUT2D eigenvalue weighted by atomic mass is 9.91. The smallest absolute Gasteiger partial charge is 0.0643 e. The summed E-state index contributed by atoms with van der Waals surface area (Å²) >= 11 is 0. The fourth-order valence-electron chi connectivity index (χ4n) is 2.18. The molecule has 76 valence electrons. The zero-order chi connectivity index (χ0) is 9.10. The van der Waals surface area contributed by atoms with Crippen LogP contribution in [-0.4, -0.2) is 38.4 Å². The van der Waals surface area contributed by atoms with Crippen LogP contribution in [0.4, 0.5) is 0 Å². The number of hydrogen-bond donors (Lipinski definition) is 2. The number of ether oxygens (including phenoxy) is 1. The van der Waals surface area contributed by atoms with Crippen LogP contribution in [0.3, 0.4) is 0 Å². The van der Waals surface area contributed by atoms with Crippen LogP contribution in [0.2, 0.25) is 0 Å². The van der Waals surface area contributed by atoms with E-state index in [1.165, 1.54) is 25.9 Å². The van der Waals surface area contributed by atoms with Crippen molar-refractivity contribution < 1.29 is 4.74 Å². The van der Waals surface area contributed by atoms with Gasteiger partial charge in [0.25, 0.3) is 0 Å². The van der Waals surface area contributed by atoms with Crippen molar-refractivity contribution in [3.63, 3.8) is 0 Å². The molecule has 0 aromatic heterocycles. The standard InChI is InChI=1S/C10H20N2O/c1-8(12-10-6-13-7-10)9-2-4-11-5-3-9/h8-12H,2-7H2,1H3. The van der Waals surface area contributed by atoms with Gasteiger partial charge >= 0.3 is 0 Å². The molecule has 0 amide bonds. The summed E-state index contributed by atoms with van der Waals surface area (Å²) in [5, 5.41) is 7.03. The van der Waals surface area contributed by atoms with E-state index in [2.05, 4.69) is 17.6 Å². The van der Waals surface area contributed by atoms with Gasteiger partial charge in [-0.2, -0.15) is 0 Å². The van der Waals surface area contributed by atoms with Crippen LogP contribution in [-0.2, 0) is 4.74 Å². The van der Waals surface area contributed by atoms with E-state index in [9.17, 15) is 0 Å². The van der Waals surface area contributed by atoms with Crippen LogP contribution in [0.15, 0.2) is 0 Å².